The van der Waals surface area contributed by atoms with E-state index in [9.17, 15) is 39.6 Å². The van der Waals surface area contributed by atoms with E-state index in [4.69, 9.17) is 38.9 Å². The lowest BCUT2D eigenvalue weighted by molar-refractivity contribution is -0.158. The summed E-state index contributed by atoms with van der Waals surface area (Å²) in [6.07, 6.45) is -5.07. The lowest BCUT2D eigenvalue weighted by Crippen LogP contribution is -2.60. The molecule has 1 amide bonds. The Morgan fingerprint density at radius 2 is 1.86 bits per heavy atom. The number of hydrogen-bond acceptors (Lipinski definition) is 11. The van der Waals surface area contributed by atoms with Crippen molar-refractivity contribution in [2.24, 2.45) is 22.2 Å². The molecule has 0 radical (unpaired) electrons. The van der Waals surface area contributed by atoms with Gasteiger partial charge in [-0.05, 0) is 13.0 Å². The molecule has 1 unspecified atom stereocenters. The number of aliphatic carboxylic acids is 2. The topological polar surface area (TPSA) is 282 Å². The average molecular weight is 535 g/mol. The van der Waals surface area contributed by atoms with Crippen LogP contribution < -0.4 is 27.8 Å². The SMILES string of the molecule is CC(=O)N[C@H]1C([C@H](O)[C@H](O)COC(=O)C[C@H](NC(=S)[C@H](C)N)C(=O)O)OC(C(=O)O)=C[C@@H]1N=C(N)N. The Hall–Kier alpha value is -3.54. The van der Waals surface area contributed by atoms with Gasteiger partial charge in [0.1, 0.15) is 31.0 Å². The molecule has 0 aromatic rings. The van der Waals surface area contributed by atoms with Crippen LogP contribution in [-0.4, -0.2) is 104 Å². The molecule has 1 heterocycles. The van der Waals surface area contributed by atoms with Crippen LogP contribution in [0.15, 0.2) is 16.8 Å². The van der Waals surface area contributed by atoms with Crippen molar-refractivity contribution in [2.75, 3.05) is 6.61 Å². The van der Waals surface area contributed by atoms with Gasteiger partial charge in [0, 0.05) is 6.92 Å². The summed E-state index contributed by atoms with van der Waals surface area (Å²) in [5, 5.41) is 44.4. The number of amides is 1. The average Bonchev–Trinajstić information content (AvgIpc) is 2.76. The minimum Gasteiger partial charge on any atom is -0.480 e. The fourth-order valence-electron chi connectivity index (χ4n) is 3.03. The van der Waals surface area contributed by atoms with Crippen LogP contribution in [0.4, 0.5) is 0 Å². The van der Waals surface area contributed by atoms with E-state index in [0.717, 1.165) is 13.0 Å². The maximum atomic E-state index is 12.1. The minimum absolute atomic E-state index is 0.00161. The van der Waals surface area contributed by atoms with Crippen molar-refractivity contribution >= 4 is 47.0 Å². The molecule has 0 bridgehead atoms. The van der Waals surface area contributed by atoms with Gasteiger partial charge in [0.15, 0.2) is 5.96 Å². The monoisotopic (exact) mass is 534 g/mol. The number of nitrogens with zero attached hydrogens (tertiary/aromatic N) is 1. The van der Waals surface area contributed by atoms with E-state index in [-0.39, 0.29) is 4.99 Å². The number of nitrogens with one attached hydrogen (secondary N) is 2. The number of aliphatic hydroxyl groups is 2. The molecule has 0 aliphatic carbocycles. The van der Waals surface area contributed by atoms with Crippen LogP contribution in [-0.2, 0) is 28.7 Å². The summed E-state index contributed by atoms with van der Waals surface area (Å²) in [6, 6.07) is -4.56. The van der Waals surface area contributed by atoms with Gasteiger partial charge in [-0.25, -0.2) is 14.6 Å². The summed E-state index contributed by atoms with van der Waals surface area (Å²) in [5.41, 5.74) is 16.3. The Balaban J connectivity index is 2.98. The number of carboxylic acid groups (broad SMARTS) is 2. The highest BCUT2D eigenvalue weighted by Gasteiger charge is 2.44. The number of carbonyl (C=O) groups excluding carboxylic acids is 2. The minimum atomic E-state index is -1.92. The second kappa shape index (κ2) is 13.5. The first-order valence-corrected chi connectivity index (χ1v) is 10.8. The number of ether oxygens (including phenoxy) is 2. The first-order valence-electron chi connectivity index (χ1n) is 10.4. The van der Waals surface area contributed by atoms with E-state index in [2.05, 4.69) is 15.6 Å². The second-order valence-corrected chi connectivity index (χ2v) is 8.26. The fraction of sp³-hybridized carbons (Fsp3) is 0.579. The Labute approximate surface area is 210 Å². The summed E-state index contributed by atoms with van der Waals surface area (Å²) in [7, 11) is 0. The zero-order valence-corrected chi connectivity index (χ0v) is 20.2. The van der Waals surface area contributed by atoms with Gasteiger partial charge in [0.05, 0.1) is 29.5 Å². The van der Waals surface area contributed by atoms with Crippen molar-refractivity contribution in [1.29, 1.82) is 0 Å². The molecule has 0 aromatic carbocycles. The summed E-state index contributed by atoms with van der Waals surface area (Å²) < 4.78 is 10.1. The van der Waals surface area contributed by atoms with Gasteiger partial charge in [-0.15, -0.1) is 0 Å². The van der Waals surface area contributed by atoms with E-state index in [1.807, 2.05) is 0 Å². The van der Waals surface area contributed by atoms with Crippen LogP contribution in [0.5, 0.6) is 0 Å². The number of carbonyl (C=O) groups is 4. The largest absolute Gasteiger partial charge is 0.480 e. The zero-order chi connectivity index (χ0) is 27.7. The molecule has 0 fully saturated rings. The van der Waals surface area contributed by atoms with Crippen LogP contribution in [0.2, 0.25) is 0 Å². The molecular formula is C19H30N6O10S. The Morgan fingerprint density at radius 1 is 1.25 bits per heavy atom. The normalized spacial score (nSPS) is 22.4. The smallest absolute Gasteiger partial charge is 0.370 e. The summed E-state index contributed by atoms with van der Waals surface area (Å²) >= 11 is 4.90. The van der Waals surface area contributed by atoms with Gasteiger partial charge >= 0.3 is 17.9 Å². The van der Waals surface area contributed by atoms with Crippen LogP contribution in [0.25, 0.3) is 0 Å². The number of thiocarbonyl (C=S) groups is 1. The number of nitrogens with two attached hydrogens (primary N) is 3. The zero-order valence-electron chi connectivity index (χ0n) is 19.4. The third kappa shape index (κ3) is 9.25. The van der Waals surface area contributed by atoms with Crippen molar-refractivity contribution < 1.29 is 49.1 Å². The van der Waals surface area contributed by atoms with Gasteiger partial charge in [-0.3, -0.25) is 9.59 Å². The molecule has 202 valence electrons. The molecule has 0 saturated carbocycles. The predicted octanol–water partition coefficient (Wildman–Crippen LogP) is -4.13. The van der Waals surface area contributed by atoms with Crippen molar-refractivity contribution in [3.8, 4) is 0 Å². The lowest BCUT2D eigenvalue weighted by Gasteiger charge is -2.38. The molecule has 1 aliphatic rings. The van der Waals surface area contributed by atoms with Crippen LogP contribution >= 0.6 is 12.2 Å². The Bertz CT molecular complexity index is 922. The van der Waals surface area contributed by atoms with Crippen LogP contribution in [0.1, 0.15) is 20.3 Å². The van der Waals surface area contributed by atoms with Gasteiger partial charge < -0.3 is 57.7 Å². The fourth-order valence-corrected chi connectivity index (χ4v) is 3.18. The van der Waals surface area contributed by atoms with Gasteiger partial charge in [0.25, 0.3) is 0 Å². The predicted molar refractivity (Wildman–Crippen MR) is 126 cm³/mol. The molecule has 17 heteroatoms. The van der Waals surface area contributed by atoms with Crippen molar-refractivity contribution in [2.45, 2.75) is 62.7 Å². The highest BCUT2D eigenvalue weighted by Crippen LogP contribution is 2.25. The maximum Gasteiger partial charge on any atom is 0.370 e. The quantitative estimate of drug-likeness (QED) is 0.0497. The molecule has 1 rings (SSSR count). The van der Waals surface area contributed by atoms with Crippen molar-refractivity contribution in [3.05, 3.63) is 11.8 Å². The number of hydrogen-bond donors (Lipinski definition) is 9. The number of aliphatic hydroxyl groups excluding tert-OH is 2. The number of aliphatic imine (C=N–C) groups is 1. The standard InChI is InChI=1S/C19H30N6O10S/c1-6(20)16(36)24-9(17(30)31)4-12(28)34-5-10(27)14(29)15-13(23-7(2)26)8(25-19(21)22)3-11(35-15)18(32)33/h3,6,8-10,13-15,27,29H,4-5,20H2,1-2H3,(H,23,26)(H,24,36)(H,30,31)(H,32,33)(H4,21,22,25)/t6-,8-,9-,10+,13+,14+,15?/m0/s1. The Morgan fingerprint density at radius 3 is 2.33 bits per heavy atom. The highest BCUT2D eigenvalue weighted by atomic mass is 32.1. The first kappa shape index (κ1) is 30.5. The number of rotatable bonds is 12. The summed E-state index contributed by atoms with van der Waals surface area (Å²) in [6.45, 7) is 1.80. The molecule has 0 saturated heterocycles. The van der Waals surface area contributed by atoms with E-state index >= 15 is 0 Å². The summed E-state index contributed by atoms with van der Waals surface area (Å²) in [4.78, 5) is 50.5. The number of guanidine groups is 1. The molecular weight excluding hydrogens is 504 g/mol. The van der Waals surface area contributed by atoms with Crippen molar-refractivity contribution in [3.63, 3.8) is 0 Å². The second-order valence-electron chi connectivity index (χ2n) is 7.82. The third-order valence-electron chi connectivity index (χ3n) is 4.73. The summed E-state index contributed by atoms with van der Waals surface area (Å²) in [5.74, 6) is -5.75. The van der Waals surface area contributed by atoms with Gasteiger partial charge in [0.2, 0.25) is 11.7 Å². The van der Waals surface area contributed by atoms with E-state index in [1.165, 1.54) is 6.92 Å². The van der Waals surface area contributed by atoms with E-state index in [1.54, 1.807) is 0 Å². The molecule has 0 aromatic heterocycles. The van der Waals surface area contributed by atoms with E-state index < -0.39 is 91.0 Å². The Kier molecular flexibility index (Phi) is 11.5. The van der Waals surface area contributed by atoms with Crippen molar-refractivity contribution in [1.82, 2.24) is 10.6 Å². The number of carboxylic acids is 2. The highest BCUT2D eigenvalue weighted by molar-refractivity contribution is 7.80. The lowest BCUT2D eigenvalue weighted by atomic mass is 9.92. The molecule has 0 spiro atoms. The number of esters is 1. The van der Waals surface area contributed by atoms with Gasteiger partial charge in [-0.2, -0.15) is 0 Å². The molecule has 7 atom stereocenters. The molecule has 1 aliphatic heterocycles. The molecule has 12 N–H and O–H groups in total. The van der Waals surface area contributed by atoms with Gasteiger partial charge in [-0.1, -0.05) is 12.2 Å². The third-order valence-corrected chi connectivity index (χ3v) is 5.22. The van der Waals surface area contributed by atoms with E-state index in [0.29, 0.717) is 0 Å². The molecule has 16 nitrogen and oxygen atoms in total. The van der Waals surface area contributed by atoms with Crippen LogP contribution in [0, 0.1) is 0 Å². The first-order chi connectivity index (χ1) is 16.6. The molecule has 36 heavy (non-hydrogen) atoms. The maximum absolute atomic E-state index is 12.1. The van der Waals surface area contributed by atoms with Crippen LogP contribution in [0.3, 0.4) is 0 Å².